The molecule has 1 atom stereocenters. The molecule has 0 saturated carbocycles. The van der Waals surface area contributed by atoms with Crippen LogP contribution in [0.15, 0.2) is 0 Å². The van der Waals surface area contributed by atoms with Crippen molar-refractivity contribution in [2.75, 3.05) is 19.0 Å². The zero-order valence-corrected chi connectivity index (χ0v) is 9.72. The average molecular weight is 218 g/mol. The highest BCUT2D eigenvalue weighted by molar-refractivity contribution is 6.17. The molecule has 1 saturated heterocycles. The third-order valence-corrected chi connectivity index (χ3v) is 3.16. The van der Waals surface area contributed by atoms with Gasteiger partial charge in [0.2, 0.25) is 5.91 Å². The van der Waals surface area contributed by atoms with E-state index in [2.05, 4.69) is 6.92 Å². The molecule has 0 aromatic heterocycles. The Labute approximate surface area is 91.6 Å². The second kappa shape index (κ2) is 6.28. The average Bonchev–Trinajstić information content (AvgIpc) is 2.39. The van der Waals surface area contributed by atoms with Crippen molar-refractivity contribution in [1.82, 2.24) is 4.90 Å². The maximum absolute atomic E-state index is 11.7. The fraction of sp³-hybridized carbons (Fsp3) is 0.909. The molecule has 1 aliphatic rings. The molecule has 1 fully saturated rings. The number of amides is 1. The zero-order valence-electron chi connectivity index (χ0n) is 8.97. The summed E-state index contributed by atoms with van der Waals surface area (Å²) >= 11 is 5.57. The number of hydrogen-bond acceptors (Lipinski definition) is 1. The number of nitrogens with zero attached hydrogens (tertiary/aromatic N) is 1. The van der Waals surface area contributed by atoms with Gasteiger partial charge in [-0.25, -0.2) is 0 Å². The SMILES string of the molecule is CC1CCCN(C(=O)CCCCl)CC1. The van der Waals surface area contributed by atoms with Crippen LogP contribution in [0.3, 0.4) is 0 Å². The van der Waals surface area contributed by atoms with Gasteiger partial charge in [-0.05, 0) is 31.6 Å². The quantitative estimate of drug-likeness (QED) is 0.666. The molecule has 1 unspecified atom stereocenters. The van der Waals surface area contributed by atoms with E-state index in [4.69, 9.17) is 11.6 Å². The van der Waals surface area contributed by atoms with Crippen LogP contribution in [0.4, 0.5) is 0 Å². The van der Waals surface area contributed by atoms with E-state index in [1.165, 1.54) is 6.42 Å². The van der Waals surface area contributed by atoms with Crippen molar-refractivity contribution in [1.29, 1.82) is 0 Å². The summed E-state index contributed by atoms with van der Waals surface area (Å²) in [7, 11) is 0. The first-order chi connectivity index (χ1) is 6.74. The van der Waals surface area contributed by atoms with Gasteiger partial charge in [0.15, 0.2) is 0 Å². The molecular weight excluding hydrogens is 198 g/mol. The van der Waals surface area contributed by atoms with E-state index in [-0.39, 0.29) is 0 Å². The molecule has 0 radical (unpaired) electrons. The topological polar surface area (TPSA) is 20.3 Å². The Hall–Kier alpha value is -0.240. The number of carbonyl (C=O) groups is 1. The Morgan fingerprint density at radius 1 is 1.43 bits per heavy atom. The molecule has 14 heavy (non-hydrogen) atoms. The van der Waals surface area contributed by atoms with Gasteiger partial charge in [-0.3, -0.25) is 4.79 Å². The summed E-state index contributed by atoms with van der Waals surface area (Å²) in [5, 5.41) is 0. The molecule has 1 rings (SSSR count). The molecule has 0 spiro atoms. The molecule has 0 aromatic rings. The van der Waals surface area contributed by atoms with E-state index in [9.17, 15) is 4.79 Å². The number of carbonyl (C=O) groups excluding carboxylic acids is 1. The minimum atomic E-state index is 0.291. The Morgan fingerprint density at radius 3 is 2.93 bits per heavy atom. The Kier molecular flexibility index (Phi) is 5.31. The summed E-state index contributed by atoms with van der Waals surface area (Å²) in [5.41, 5.74) is 0. The van der Waals surface area contributed by atoms with Gasteiger partial charge >= 0.3 is 0 Å². The smallest absolute Gasteiger partial charge is 0.222 e. The van der Waals surface area contributed by atoms with E-state index < -0.39 is 0 Å². The first kappa shape index (κ1) is 11.8. The first-order valence-corrected chi connectivity index (χ1v) is 6.11. The monoisotopic (exact) mass is 217 g/mol. The van der Waals surface area contributed by atoms with Gasteiger partial charge in [-0.1, -0.05) is 6.92 Å². The lowest BCUT2D eigenvalue weighted by Gasteiger charge is -2.20. The standard InChI is InChI=1S/C11H20ClNO/c1-10-4-3-8-13(9-6-10)11(14)5-2-7-12/h10H,2-9H2,1H3. The number of rotatable bonds is 3. The predicted octanol–water partition coefficient (Wildman–Crippen LogP) is 2.65. The van der Waals surface area contributed by atoms with Crippen LogP contribution in [-0.4, -0.2) is 29.8 Å². The van der Waals surface area contributed by atoms with Gasteiger partial charge in [0.05, 0.1) is 0 Å². The first-order valence-electron chi connectivity index (χ1n) is 5.57. The van der Waals surface area contributed by atoms with E-state index in [0.29, 0.717) is 18.2 Å². The second-order valence-corrected chi connectivity index (χ2v) is 4.59. The van der Waals surface area contributed by atoms with Gasteiger partial charge in [0.25, 0.3) is 0 Å². The summed E-state index contributed by atoms with van der Waals surface area (Å²) < 4.78 is 0. The Balaban J connectivity index is 2.31. The van der Waals surface area contributed by atoms with Gasteiger partial charge in [0, 0.05) is 25.4 Å². The number of likely N-dealkylation sites (tertiary alicyclic amines) is 1. The van der Waals surface area contributed by atoms with Crippen LogP contribution in [0.2, 0.25) is 0 Å². The molecule has 1 amide bonds. The minimum absolute atomic E-state index is 0.291. The highest BCUT2D eigenvalue weighted by Crippen LogP contribution is 2.17. The van der Waals surface area contributed by atoms with E-state index >= 15 is 0 Å². The van der Waals surface area contributed by atoms with Crippen molar-refractivity contribution in [3.63, 3.8) is 0 Å². The van der Waals surface area contributed by atoms with Crippen molar-refractivity contribution < 1.29 is 4.79 Å². The second-order valence-electron chi connectivity index (χ2n) is 4.21. The molecule has 0 aliphatic carbocycles. The maximum Gasteiger partial charge on any atom is 0.222 e. The molecule has 82 valence electrons. The summed E-state index contributed by atoms with van der Waals surface area (Å²) in [6.45, 7) is 4.17. The fourth-order valence-corrected chi connectivity index (χ4v) is 2.02. The fourth-order valence-electron chi connectivity index (χ4n) is 1.89. The van der Waals surface area contributed by atoms with Crippen molar-refractivity contribution in [2.45, 2.75) is 39.0 Å². The van der Waals surface area contributed by atoms with Crippen LogP contribution in [0.1, 0.15) is 39.0 Å². The molecular formula is C11H20ClNO. The Bertz CT molecular complexity index is 184. The van der Waals surface area contributed by atoms with Gasteiger partial charge < -0.3 is 4.90 Å². The third kappa shape index (κ3) is 3.87. The largest absolute Gasteiger partial charge is 0.343 e. The number of halogens is 1. The zero-order chi connectivity index (χ0) is 10.4. The van der Waals surface area contributed by atoms with Crippen molar-refractivity contribution in [2.24, 2.45) is 5.92 Å². The van der Waals surface area contributed by atoms with Gasteiger partial charge in [0.1, 0.15) is 0 Å². The van der Waals surface area contributed by atoms with Crippen LogP contribution in [0.5, 0.6) is 0 Å². The van der Waals surface area contributed by atoms with Crippen LogP contribution in [0.25, 0.3) is 0 Å². The van der Waals surface area contributed by atoms with Crippen molar-refractivity contribution >= 4 is 17.5 Å². The molecule has 3 heteroatoms. The minimum Gasteiger partial charge on any atom is -0.343 e. The van der Waals surface area contributed by atoms with Gasteiger partial charge in [-0.15, -0.1) is 11.6 Å². The van der Waals surface area contributed by atoms with Crippen LogP contribution >= 0.6 is 11.6 Å². The molecule has 2 nitrogen and oxygen atoms in total. The van der Waals surface area contributed by atoms with Crippen molar-refractivity contribution in [3.05, 3.63) is 0 Å². The summed E-state index contributed by atoms with van der Waals surface area (Å²) in [5.74, 6) is 1.66. The lowest BCUT2D eigenvalue weighted by molar-refractivity contribution is -0.131. The van der Waals surface area contributed by atoms with Gasteiger partial charge in [-0.2, -0.15) is 0 Å². The summed E-state index contributed by atoms with van der Waals surface area (Å²) in [4.78, 5) is 13.7. The molecule has 0 N–H and O–H groups in total. The van der Waals surface area contributed by atoms with Crippen LogP contribution in [0, 0.1) is 5.92 Å². The lowest BCUT2D eigenvalue weighted by atomic mass is 10.0. The molecule has 1 aliphatic heterocycles. The third-order valence-electron chi connectivity index (χ3n) is 2.89. The number of alkyl halides is 1. The molecule has 0 bridgehead atoms. The predicted molar refractivity (Wildman–Crippen MR) is 59.5 cm³/mol. The lowest BCUT2D eigenvalue weighted by Crippen LogP contribution is -2.31. The van der Waals surface area contributed by atoms with Crippen molar-refractivity contribution in [3.8, 4) is 0 Å². The molecule has 0 aromatic carbocycles. The van der Waals surface area contributed by atoms with Crippen LogP contribution < -0.4 is 0 Å². The van der Waals surface area contributed by atoms with Crippen LogP contribution in [-0.2, 0) is 4.79 Å². The van der Waals surface area contributed by atoms with E-state index in [1.54, 1.807) is 0 Å². The van der Waals surface area contributed by atoms with E-state index in [1.807, 2.05) is 4.90 Å². The number of hydrogen-bond donors (Lipinski definition) is 0. The summed E-state index contributed by atoms with van der Waals surface area (Å²) in [6.07, 6.45) is 5.02. The highest BCUT2D eigenvalue weighted by atomic mass is 35.5. The highest BCUT2D eigenvalue weighted by Gasteiger charge is 2.17. The summed E-state index contributed by atoms with van der Waals surface area (Å²) in [6, 6.07) is 0. The molecule has 1 heterocycles. The maximum atomic E-state index is 11.7. The normalized spacial score (nSPS) is 23.3. The van der Waals surface area contributed by atoms with E-state index in [0.717, 1.165) is 38.3 Å². The Morgan fingerprint density at radius 2 is 2.21 bits per heavy atom.